The summed E-state index contributed by atoms with van der Waals surface area (Å²) in [6.07, 6.45) is 2.75. The summed E-state index contributed by atoms with van der Waals surface area (Å²) in [7, 11) is 0. The maximum atomic E-state index is 14.8. The van der Waals surface area contributed by atoms with Gasteiger partial charge >= 0.3 is 5.97 Å². The van der Waals surface area contributed by atoms with Crippen LogP contribution in [0.4, 0.5) is 8.78 Å². The van der Waals surface area contributed by atoms with Crippen molar-refractivity contribution >= 4 is 17.0 Å². The van der Waals surface area contributed by atoms with Crippen LogP contribution in [0.1, 0.15) is 70.6 Å². The molecule has 2 fully saturated rings. The van der Waals surface area contributed by atoms with Crippen molar-refractivity contribution in [3.63, 3.8) is 0 Å². The predicted molar refractivity (Wildman–Crippen MR) is 158 cm³/mol. The third-order valence-corrected chi connectivity index (χ3v) is 9.34. The van der Waals surface area contributed by atoms with Crippen LogP contribution in [0.2, 0.25) is 0 Å². The van der Waals surface area contributed by atoms with Gasteiger partial charge in [-0.2, -0.15) is 5.26 Å². The number of imidazole rings is 1. The number of halogens is 2. The normalized spacial score (nSPS) is 19.5. The molecule has 0 amide bonds. The minimum absolute atomic E-state index is 0.177. The minimum atomic E-state index is -0.999. The number of carbonyl (C=O) groups is 1. The van der Waals surface area contributed by atoms with Crippen molar-refractivity contribution in [1.29, 1.82) is 5.26 Å². The van der Waals surface area contributed by atoms with Crippen molar-refractivity contribution in [2.75, 3.05) is 26.4 Å². The zero-order chi connectivity index (χ0) is 30.4. The maximum absolute atomic E-state index is 14.8. The Bertz CT molecular complexity index is 1790. The first kappa shape index (κ1) is 28.3. The van der Waals surface area contributed by atoms with Gasteiger partial charge in [0.2, 0.25) is 0 Å². The van der Waals surface area contributed by atoms with Crippen LogP contribution < -0.4 is 9.47 Å². The molecule has 1 aliphatic carbocycles. The molecule has 0 radical (unpaired) electrons. The van der Waals surface area contributed by atoms with Gasteiger partial charge in [-0.1, -0.05) is 18.2 Å². The quantitative estimate of drug-likeness (QED) is 0.251. The maximum Gasteiger partial charge on any atom is 0.335 e. The Balaban J connectivity index is 1.08. The average molecular weight is 599 g/mol. The minimum Gasteiger partial charge on any atom is -0.485 e. The lowest BCUT2D eigenvalue weighted by Crippen LogP contribution is -2.34. The molecule has 0 spiro atoms. The summed E-state index contributed by atoms with van der Waals surface area (Å²) >= 11 is 0. The summed E-state index contributed by atoms with van der Waals surface area (Å²) in [5.74, 6) is 0.834. The molecule has 1 saturated carbocycles. The third kappa shape index (κ3) is 5.26. The number of rotatable bonds is 8. The fourth-order valence-electron chi connectivity index (χ4n) is 6.50. The van der Waals surface area contributed by atoms with Crippen LogP contribution in [-0.4, -0.2) is 51.9 Å². The van der Waals surface area contributed by atoms with E-state index >= 15 is 0 Å². The Hall–Kier alpha value is -4.49. The fraction of sp³-hybridized carbons (Fsp3) is 0.382. The number of nitrogens with zero attached hydrogens (tertiary/aromatic N) is 4. The van der Waals surface area contributed by atoms with Crippen LogP contribution >= 0.6 is 0 Å². The van der Waals surface area contributed by atoms with Crippen molar-refractivity contribution in [2.24, 2.45) is 5.41 Å². The second-order valence-corrected chi connectivity index (χ2v) is 12.2. The number of fused-ring (bicyclic) bond motifs is 2. The largest absolute Gasteiger partial charge is 0.485 e. The average Bonchev–Trinajstić information content (AvgIpc) is 3.75. The molecule has 0 bridgehead atoms. The van der Waals surface area contributed by atoms with Gasteiger partial charge in [0.1, 0.15) is 18.2 Å². The highest BCUT2D eigenvalue weighted by Gasteiger charge is 2.44. The number of carboxylic acids is 1. The molecule has 7 rings (SSSR count). The number of para-hydroxylation sites is 1. The third-order valence-electron chi connectivity index (χ3n) is 9.34. The molecule has 1 saturated heterocycles. The molecule has 2 aliphatic heterocycles. The summed E-state index contributed by atoms with van der Waals surface area (Å²) in [5, 5.41) is 18.6. The van der Waals surface area contributed by atoms with Crippen molar-refractivity contribution in [2.45, 2.75) is 50.8 Å². The lowest BCUT2D eigenvalue weighted by molar-refractivity contribution is 0.0697. The lowest BCUT2D eigenvalue weighted by Gasteiger charge is -2.35. The van der Waals surface area contributed by atoms with E-state index in [4.69, 9.17) is 19.7 Å². The number of hydrogen-bond donors (Lipinski definition) is 1. The monoisotopic (exact) mass is 598 g/mol. The van der Waals surface area contributed by atoms with Crippen molar-refractivity contribution < 1.29 is 28.2 Å². The highest BCUT2D eigenvalue weighted by Crippen LogP contribution is 2.48. The summed E-state index contributed by atoms with van der Waals surface area (Å²) in [4.78, 5) is 18.9. The summed E-state index contributed by atoms with van der Waals surface area (Å²) in [6, 6.07) is 17.2. The van der Waals surface area contributed by atoms with Gasteiger partial charge in [0.25, 0.3) is 0 Å². The highest BCUT2D eigenvalue weighted by atomic mass is 19.1. The SMILES string of the molecule is N#Cc1ccc([C@H]2COc3cccc(C4CCN(Cc5nc6ccc(C(=O)O)cc6n5CC5(CF)CC5)CC4)c3O2)c(F)c1. The van der Waals surface area contributed by atoms with E-state index in [0.717, 1.165) is 61.2 Å². The van der Waals surface area contributed by atoms with Gasteiger partial charge in [0.05, 0.1) is 41.4 Å². The van der Waals surface area contributed by atoms with Crippen LogP contribution in [0, 0.1) is 22.6 Å². The van der Waals surface area contributed by atoms with Gasteiger partial charge in [-0.15, -0.1) is 0 Å². The van der Waals surface area contributed by atoms with E-state index in [9.17, 15) is 18.7 Å². The van der Waals surface area contributed by atoms with Crippen molar-refractivity contribution in [3.05, 3.63) is 88.5 Å². The van der Waals surface area contributed by atoms with Gasteiger partial charge in [0.15, 0.2) is 17.6 Å². The molecule has 1 atom stereocenters. The fourth-order valence-corrected chi connectivity index (χ4v) is 6.50. The standard InChI is InChI=1S/C34H32F2N4O4/c35-19-34(10-11-34)20-40-28-15-23(33(41)42)5-7-27(28)38-31(40)17-39-12-8-22(9-13-39)24-2-1-3-29-32(24)44-30(18-43-29)25-6-4-21(16-37)14-26(25)36/h1-7,14-15,22,30H,8-13,17-20H2,(H,41,42)/t30-/m1/s1. The molecule has 3 aliphatic rings. The molecule has 8 nitrogen and oxygen atoms in total. The topological polar surface area (TPSA) is 101 Å². The van der Waals surface area contributed by atoms with Crippen LogP contribution in [0.15, 0.2) is 54.6 Å². The van der Waals surface area contributed by atoms with E-state index in [1.54, 1.807) is 30.3 Å². The van der Waals surface area contributed by atoms with E-state index in [1.807, 2.05) is 28.8 Å². The molecule has 1 N–H and O–H groups in total. The van der Waals surface area contributed by atoms with Gasteiger partial charge < -0.3 is 19.1 Å². The van der Waals surface area contributed by atoms with Gasteiger partial charge in [0, 0.05) is 23.1 Å². The second-order valence-electron chi connectivity index (χ2n) is 12.2. The van der Waals surface area contributed by atoms with Gasteiger partial charge in [-0.25, -0.2) is 14.2 Å². The number of aromatic nitrogens is 2. The number of benzene rings is 3. The molecule has 1 aromatic heterocycles. The Labute approximate surface area is 253 Å². The predicted octanol–water partition coefficient (Wildman–Crippen LogP) is 6.39. The number of hydrogen-bond acceptors (Lipinski definition) is 6. The number of piperidine rings is 1. The van der Waals surface area contributed by atoms with Crippen molar-refractivity contribution in [1.82, 2.24) is 14.5 Å². The van der Waals surface area contributed by atoms with Crippen LogP contribution in [0.3, 0.4) is 0 Å². The number of likely N-dealkylation sites (tertiary alicyclic amines) is 1. The first-order valence-electron chi connectivity index (χ1n) is 15.0. The molecule has 44 heavy (non-hydrogen) atoms. The lowest BCUT2D eigenvalue weighted by atomic mass is 9.88. The molecular weight excluding hydrogens is 566 g/mol. The summed E-state index contributed by atoms with van der Waals surface area (Å²) in [5.41, 5.74) is 2.91. The van der Waals surface area contributed by atoms with Crippen molar-refractivity contribution in [3.8, 4) is 17.6 Å². The van der Waals surface area contributed by atoms with Crippen LogP contribution in [0.25, 0.3) is 11.0 Å². The molecule has 226 valence electrons. The molecular formula is C34H32F2N4O4. The molecule has 10 heteroatoms. The van der Waals surface area contributed by atoms with Gasteiger partial charge in [-0.3, -0.25) is 9.29 Å². The summed E-state index contributed by atoms with van der Waals surface area (Å²) < 4.78 is 43.1. The number of alkyl halides is 1. The Kier molecular flexibility index (Phi) is 7.21. The Morgan fingerprint density at radius 3 is 2.64 bits per heavy atom. The molecule has 0 unspecified atom stereocenters. The first-order valence-corrected chi connectivity index (χ1v) is 15.0. The smallest absolute Gasteiger partial charge is 0.335 e. The number of carboxylic acid groups (broad SMARTS) is 1. The summed E-state index contributed by atoms with van der Waals surface area (Å²) in [6.45, 7) is 2.46. The number of nitriles is 1. The van der Waals surface area contributed by atoms with Crippen LogP contribution in [0.5, 0.6) is 11.5 Å². The second kappa shape index (κ2) is 11.2. The number of ether oxygens (including phenoxy) is 2. The van der Waals surface area contributed by atoms with E-state index < -0.39 is 24.6 Å². The molecule has 4 aromatic rings. The zero-order valence-corrected chi connectivity index (χ0v) is 24.1. The van der Waals surface area contributed by atoms with E-state index in [0.29, 0.717) is 30.2 Å². The zero-order valence-electron chi connectivity index (χ0n) is 24.1. The van der Waals surface area contributed by atoms with E-state index in [-0.39, 0.29) is 29.1 Å². The van der Waals surface area contributed by atoms with E-state index in [1.165, 1.54) is 6.07 Å². The Morgan fingerprint density at radius 1 is 1.11 bits per heavy atom. The van der Waals surface area contributed by atoms with Crippen LogP contribution in [-0.2, 0) is 13.1 Å². The Morgan fingerprint density at radius 2 is 1.93 bits per heavy atom. The van der Waals surface area contributed by atoms with Gasteiger partial charge in [-0.05, 0) is 81.1 Å². The highest BCUT2D eigenvalue weighted by molar-refractivity contribution is 5.92. The molecule has 3 heterocycles. The molecule has 3 aromatic carbocycles. The van der Waals surface area contributed by atoms with E-state index in [2.05, 4.69) is 4.90 Å². The number of aromatic carboxylic acids is 1. The first-order chi connectivity index (χ1) is 21.4.